The van der Waals surface area contributed by atoms with Gasteiger partial charge in [0.1, 0.15) is 11.5 Å². The molecule has 5 nitrogen and oxygen atoms in total. The van der Waals surface area contributed by atoms with Gasteiger partial charge in [-0.15, -0.1) is 0 Å². The fraction of sp³-hybridized carbons (Fsp3) is 0.267. The molecular formula is C15H16ClNO4. The van der Waals surface area contributed by atoms with Crippen LogP contribution in [0, 0.1) is 0 Å². The monoisotopic (exact) mass is 309 g/mol. The lowest BCUT2D eigenvalue weighted by atomic mass is 10.2. The Hall–Kier alpha value is -2.14. The van der Waals surface area contributed by atoms with Gasteiger partial charge >= 0.3 is 0 Å². The van der Waals surface area contributed by atoms with E-state index < -0.39 is 5.91 Å². The molecule has 0 bridgehead atoms. The smallest absolute Gasteiger partial charge is 0.291 e. The number of furan rings is 1. The predicted molar refractivity (Wildman–Crippen MR) is 80.5 cm³/mol. The van der Waals surface area contributed by atoms with Crippen LogP contribution in [0.1, 0.15) is 24.4 Å². The van der Waals surface area contributed by atoms with Crippen LogP contribution >= 0.6 is 11.6 Å². The molecule has 21 heavy (non-hydrogen) atoms. The molecule has 2 aromatic rings. The highest BCUT2D eigenvalue weighted by Gasteiger charge is 2.14. The van der Waals surface area contributed by atoms with Crippen molar-refractivity contribution >= 4 is 23.2 Å². The van der Waals surface area contributed by atoms with E-state index in [9.17, 15) is 4.79 Å². The fourth-order valence-electron chi connectivity index (χ4n) is 1.76. The third-order valence-corrected chi connectivity index (χ3v) is 2.81. The SMILES string of the molecule is CCOc1ccc(OCC)c(NC(=O)c2ccc(Cl)o2)c1. The summed E-state index contributed by atoms with van der Waals surface area (Å²) in [5.41, 5.74) is 0.514. The summed E-state index contributed by atoms with van der Waals surface area (Å²) in [4.78, 5) is 12.1. The Morgan fingerprint density at radius 1 is 1.19 bits per heavy atom. The molecule has 0 atom stereocenters. The minimum Gasteiger partial charge on any atom is -0.494 e. The van der Waals surface area contributed by atoms with E-state index in [1.165, 1.54) is 12.1 Å². The predicted octanol–water partition coefficient (Wildman–Crippen LogP) is 3.98. The summed E-state index contributed by atoms with van der Waals surface area (Å²) < 4.78 is 16.0. The first-order valence-corrected chi connectivity index (χ1v) is 6.98. The molecule has 1 heterocycles. The highest BCUT2D eigenvalue weighted by Crippen LogP contribution is 2.30. The average molecular weight is 310 g/mol. The van der Waals surface area contributed by atoms with Crippen molar-refractivity contribution in [3.63, 3.8) is 0 Å². The van der Waals surface area contributed by atoms with Crippen molar-refractivity contribution in [3.05, 3.63) is 41.3 Å². The van der Waals surface area contributed by atoms with Crippen LogP contribution in [0.25, 0.3) is 0 Å². The van der Waals surface area contributed by atoms with Crippen LogP contribution in [-0.2, 0) is 0 Å². The van der Waals surface area contributed by atoms with Crippen LogP contribution in [0.4, 0.5) is 5.69 Å². The van der Waals surface area contributed by atoms with Crippen LogP contribution in [0.15, 0.2) is 34.7 Å². The van der Waals surface area contributed by atoms with Gasteiger partial charge in [-0.25, -0.2) is 0 Å². The van der Waals surface area contributed by atoms with E-state index in [1.807, 2.05) is 13.8 Å². The van der Waals surface area contributed by atoms with E-state index >= 15 is 0 Å². The second kappa shape index (κ2) is 7.04. The molecule has 0 spiro atoms. The lowest BCUT2D eigenvalue weighted by Crippen LogP contribution is -2.12. The quantitative estimate of drug-likeness (QED) is 0.876. The van der Waals surface area contributed by atoms with Gasteiger partial charge in [0.2, 0.25) is 0 Å². The van der Waals surface area contributed by atoms with Crippen molar-refractivity contribution in [1.82, 2.24) is 0 Å². The second-order valence-electron chi connectivity index (χ2n) is 4.08. The molecule has 0 fully saturated rings. The standard InChI is InChI=1S/C15H16ClNO4/c1-3-19-10-5-6-12(20-4-2)11(9-10)17-15(18)13-7-8-14(16)21-13/h5-9H,3-4H2,1-2H3,(H,17,18). The second-order valence-corrected chi connectivity index (χ2v) is 4.45. The first-order valence-electron chi connectivity index (χ1n) is 6.60. The normalized spacial score (nSPS) is 10.2. The number of hydrogen-bond donors (Lipinski definition) is 1. The number of anilines is 1. The number of benzene rings is 1. The van der Waals surface area contributed by atoms with Crippen molar-refractivity contribution < 1.29 is 18.7 Å². The van der Waals surface area contributed by atoms with E-state index in [2.05, 4.69) is 5.32 Å². The molecule has 0 aliphatic rings. The summed E-state index contributed by atoms with van der Waals surface area (Å²) in [5.74, 6) is 0.932. The molecule has 0 radical (unpaired) electrons. The van der Waals surface area contributed by atoms with Gasteiger partial charge in [0.05, 0.1) is 18.9 Å². The Kier molecular flexibility index (Phi) is 5.11. The molecule has 0 saturated carbocycles. The van der Waals surface area contributed by atoms with Crippen LogP contribution in [0.5, 0.6) is 11.5 Å². The Morgan fingerprint density at radius 3 is 2.57 bits per heavy atom. The lowest BCUT2D eigenvalue weighted by Gasteiger charge is -2.12. The number of halogens is 1. The molecule has 0 saturated heterocycles. The summed E-state index contributed by atoms with van der Waals surface area (Å²) in [6.07, 6.45) is 0. The Balaban J connectivity index is 2.23. The topological polar surface area (TPSA) is 60.7 Å². The number of rotatable bonds is 6. The lowest BCUT2D eigenvalue weighted by molar-refractivity contribution is 0.0996. The summed E-state index contributed by atoms with van der Waals surface area (Å²) in [6.45, 7) is 4.78. The van der Waals surface area contributed by atoms with Crippen molar-refractivity contribution in [3.8, 4) is 11.5 Å². The summed E-state index contributed by atoms with van der Waals surface area (Å²) >= 11 is 5.66. The molecule has 1 aromatic heterocycles. The maximum absolute atomic E-state index is 12.1. The van der Waals surface area contributed by atoms with Crippen molar-refractivity contribution in [2.75, 3.05) is 18.5 Å². The van der Waals surface area contributed by atoms with E-state index in [1.54, 1.807) is 18.2 Å². The number of amides is 1. The molecular weight excluding hydrogens is 294 g/mol. The van der Waals surface area contributed by atoms with Crippen molar-refractivity contribution in [2.45, 2.75) is 13.8 Å². The van der Waals surface area contributed by atoms with Crippen LogP contribution in [0.2, 0.25) is 5.22 Å². The van der Waals surface area contributed by atoms with Gasteiger partial charge in [0.25, 0.3) is 5.91 Å². The molecule has 6 heteroatoms. The first-order chi connectivity index (χ1) is 10.1. The minimum absolute atomic E-state index is 0.129. The number of carbonyl (C=O) groups is 1. The van der Waals surface area contributed by atoms with Crippen molar-refractivity contribution in [1.29, 1.82) is 0 Å². The molecule has 1 amide bonds. The molecule has 2 rings (SSSR count). The van der Waals surface area contributed by atoms with E-state index in [-0.39, 0.29) is 11.0 Å². The Labute approximate surface area is 127 Å². The summed E-state index contributed by atoms with van der Waals surface area (Å²) in [7, 11) is 0. The van der Waals surface area contributed by atoms with Gasteiger partial charge < -0.3 is 19.2 Å². The molecule has 1 N–H and O–H groups in total. The van der Waals surface area contributed by atoms with Gasteiger partial charge in [0.15, 0.2) is 11.0 Å². The molecule has 0 aliphatic carbocycles. The third kappa shape index (κ3) is 3.92. The summed E-state index contributed by atoms with van der Waals surface area (Å²) in [6, 6.07) is 8.25. The van der Waals surface area contributed by atoms with Crippen LogP contribution in [0.3, 0.4) is 0 Å². The molecule has 0 aliphatic heterocycles. The number of hydrogen-bond acceptors (Lipinski definition) is 4. The fourth-order valence-corrected chi connectivity index (χ4v) is 1.91. The number of ether oxygens (including phenoxy) is 2. The third-order valence-electron chi connectivity index (χ3n) is 2.61. The number of nitrogens with one attached hydrogen (secondary N) is 1. The van der Waals surface area contributed by atoms with Gasteiger partial charge in [-0.2, -0.15) is 0 Å². The number of carbonyl (C=O) groups excluding carboxylic acids is 1. The maximum Gasteiger partial charge on any atom is 0.291 e. The van der Waals surface area contributed by atoms with Gasteiger partial charge in [-0.1, -0.05) is 0 Å². The average Bonchev–Trinajstić information content (AvgIpc) is 2.89. The van der Waals surface area contributed by atoms with E-state index in [4.69, 9.17) is 25.5 Å². The Bertz CT molecular complexity index is 624. The van der Waals surface area contributed by atoms with Crippen molar-refractivity contribution in [2.24, 2.45) is 0 Å². The zero-order valence-corrected chi connectivity index (χ0v) is 12.6. The largest absolute Gasteiger partial charge is 0.494 e. The Morgan fingerprint density at radius 2 is 1.95 bits per heavy atom. The van der Waals surface area contributed by atoms with Gasteiger partial charge in [-0.3, -0.25) is 4.79 Å². The molecule has 1 aromatic carbocycles. The summed E-state index contributed by atoms with van der Waals surface area (Å²) in [5, 5.41) is 2.89. The zero-order valence-electron chi connectivity index (χ0n) is 11.8. The molecule has 112 valence electrons. The highest BCUT2D eigenvalue weighted by atomic mass is 35.5. The molecule has 0 unspecified atom stereocenters. The van der Waals surface area contributed by atoms with Crippen LogP contribution < -0.4 is 14.8 Å². The first kappa shape index (κ1) is 15.3. The van der Waals surface area contributed by atoms with Crippen LogP contribution in [-0.4, -0.2) is 19.1 Å². The maximum atomic E-state index is 12.1. The highest BCUT2D eigenvalue weighted by molar-refractivity contribution is 6.29. The van der Waals surface area contributed by atoms with E-state index in [0.717, 1.165) is 0 Å². The van der Waals surface area contributed by atoms with E-state index in [0.29, 0.717) is 30.4 Å². The zero-order chi connectivity index (χ0) is 15.2. The van der Waals surface area contributed by atoms with Gasteiger partial charge in [-0.05, 0) is 49.7 Å². The van der Waals surface area contributed by atoms with Gasteiger partial charge in [0, 0.05) is 6.07 Å². The minimum atomic E-state index is -0.406.